The molecule has 0 N–H and O–H groups in total. The van der Waals surface area contributed by atoms with Crippen LogP contribution in [0, 0.1) is 0 Å². The molecule has 1 aliphatic heterocycles. The molecule has 8 heteroatoms. The zero-order valence-electron chi connectivity index (χ0n) is 16.5. The van der Waals surface area contributed by atoms with Gasteiger partial charge < -0.3 is 4.90 Å². The van der Waals surface area contributed by atoms with Gasteiger partial charge in [-0.15, -0.1) is 10.2 Å². The van der Waals surface area contributed by atoms with Crippen molar-refractivity contribution in [3.63, 3.8) is 0 Å². The van der Waals surface area contributed by atoms with Gasteiger partial charge in [-0.2, -0.15) is 0 Å². The first-order valence-electron chi connectivity index (χ1n) is 9.83. The largest absolute Gasteiger partial charge is 0.311 e. The van der Waals surface area contributed by atoms with Crippen molar-refractivity contribution in [2.24, 2.45) is 0 Å². The van der Waals surface area contributed by atoms with Crippen LogP contribution in [0.4, 0.5) is 5.69 Å². The van der Waals surface area contributed by atoms with Crippen LogP contribution in [0.25, 0.3) is 17.1 Å². The highest BCUT2D eigenvalue weighted by Gasteiger charge is 2.25. The molecule has 6 nitrogen and oxygen atoms in total. The maximum atomic E-state index is 13.0. The van der Waals surface area contributed by atoms with Crippen LogP contribution >= 0.6 is 23.4 Å². The van der Waals surface area contributed by atoms with E-state index in [1.807, 2.05) is 64.1 Å². The minimum atomic E-state index is 0.0612. The molecule has 3 heterocycles. The number of pyridine rings is 1. The summed E-state index contributed by atoms with van der Waals surface area (Å²) in [6, 6.07) is 19.3. The van der Waals surface area contributed by atoms with Crippen LogP contribution < -0.4 is 4.90 Å². The van der Waals surface area contributed by atoms with Gasteiger partial charge in [0.05, 0.1) is 5.75 Å². The van der Waals surface area contributed by atoms with Crippen LogP contribution in [0.15, 0.2) is 78.2 Å². The van der Waals surface area contributed by atoms with Gasteiger partial charge in [-0.1, -0.05) is 41.6 Å². The molecule has 0 bridgehead atoms. The van der Waals surface area contributed by atoms with E-state index >= 15 is 0 Å². The summed E-state index contributed by atoms with van der Waals surface area (Å²) in [4.78, 5) is 18.9. The lowest BCUT2D eigenvalue weighted by molar-refractivity contribution is -0.116. The Hall–Kier alpha value is -3.16. The number of aromatic nitrogens is 4. The molecule has 5 rings (SSSR count). The molecule has 0 fully saturated rings. The zero-order chi connectivity index (χ0) is 21.2. The second-order valence-electron chi connectivity index (χ2n) is 7.07. The van der Waals surface area contributed by atoms with Gasteiger partial charge in [0.1, 0.15) is 0 Å². The van der Waals surface area contributed by atoms with Gasteiger partial charge in [0.2, 0.25) is 5.91 Å². The Morgan fingerprint density at radius 3 is 2.58 bits per heavy atom. The van der Waals surface area contributed by atoms with E-state index in [1.165, 1.54) is 17.3 Å². The fraction of sp³-hybridized carbons (Fsp3) is 0.130. The monoisotopic (exact) mass is 447 g/mol. The summed E-state index contributed by atoms with van der Waals surface area (Å²) in [6.07, 6.45) is 4.33. The molecule has 0 atom stereocenters. The lowest BCUT2D eigenvalue weighted by Gasteiger charge is -2.17. The van der Waals surface area contributed by atoms with Crippen molar-refractivity contribution in [2.45, 2.75) is 11.6 Å². The third kappa shape index (κ3) is 3.94. The predicted octanol–water partition coefficient (Wildman–Crippen LogP) is 4.66. The molecule has 1 aliphatic rings. The van der Waals surface area contributed by atoms with Crippen molar-refractivity contribution in [3.05, 3.63) is 83.6 Å². The molecule has 0 aliphatic carbocycles. The summed E-state index contributed by atoms with van der Waals surface area (Å²) in [5, 5.41) is 10.1. The normalized spacial score (nSPS) is 12.7. The summed E-state index contributed by atoms with van der Waals surface area (Å²) in [6.45, 7) is 0.713. The minimum Gasteiger partial charge on any atom is -0.311 e. The number of carbonyl (C=O) groups excluding carboxylic acids is 1. The number of hydrogen-bond acceptors (Lipinski definition) is 5. The van der Waals surface area contributed by atoms with Gasteiger partial charge in [-0.3, -0.25) is 14.3 Å². The number of hydrogen-bond donors (Lipinski definition) is 0. The number of amides is 1. The Bertz CT molecular complexity index is 1230. The average molecular weight is 448 g/mol. The standard InChI is InChI=1S/C23H18ClN5OS/c24-18-5-7-19(8-6-18)29-22(17-9-12-25-13-10-17)26-27-23(29)31-15-21(30)28-14-11-16-3-1-2-4-20(16)28/h1-10,12-13H,11,14-15H2. The van der Waals surface area contributed by atoms with Crippen molar-refractivity contribution >= 4 is 35.0 Å². The molecular weight excluding hydrogens is 430 g/mol. The van der Waals surface area contributed by atoms with Crippen molar-refractivity contribution in [1.29, 1.82) is 0 Å². The van der Waals surface area contributed by atoms with Gasteiger partial charge in [0, 0.05) is 40.9 Å². The Labute approximate surface area is 188 Å². The molecule has 0 spiro atoms. The van der Waals surface area contributed by atoms with Crippen molar-refractivity contribution in [3.8, 4) is 17.1 Å². The number of fused-ring (bicyclic) bond motifs is 1. The SMILES string of the molecule is O=C(CSc1nnc(-c2ccncc2)n1-c1ccc(Cl)cc1)N1CCc2ccccc21. The lowest BCUT2D eigenvalue weighted by atomic mass is 10.2. The smallest absolute Gasteiger partial charge is 0.237 e. The third-order valence-corrected chi connectivity index (χ3v) is 6.34. The van der Waals surface area contributed by atoms with Crippen molar-refractivity contribution in [1.82, 2.24) is 19.7 Å². The first-order chi connectivity index (χ1) is 15.2. The zero-order valence-corrected chi connectivity index (χ0v) is 18.1. The van der Waals surface area contributed by atoms with E-state index in [0.29, 0.717) is 22.5 Å². The molecule has 31 heavy (non-hydrogen) atoms. The van der Waals surface area contributed by atoms with E-state index in [0.717, 1.165) is 23.4 Å². The third-order valence-electron chi connectivity index (χ3n) is 5.17. The van der Waals surface area contributed by atoms with Crippen LogP contribution in [0.5, 0.6) is 0 Å². The lowest BCUT2D eigenvalue weighted by Crippen LogP contribution is -2.30. The number of carbonyl (C=O) groups is 1. The minimum absolute atomic E-state index is 0.0612. The number of halogens is 1. The molecule has 0 saturated carbocycles. The van der Waals surface area contributed by atoms with E-state index in [1.54, 1.807) is 12.4 Å². The van der Waals surface area contributed by atoms with E-state index in [4.69, 9.17) is 11.6 Å². The Balaban J connectivity index is 1.44. The van der Waals surface area contributed by atoms with Gasteiger partial charge in [0.25, 0.3) is 0 Å². The van der Waals surface area contributed by atoms with Crippen molar-refractivity contribution in [2.75, 3.05) is 17.2 Å². The number of para-hydroxylation sites is 1. The molecule has 2 aromatic heterocycles. The highest BCUT2D eigenvalue weighted by molar-refractivity contribution is 7.99. The van der Waals surface area contributed by atoms with Gasteiger partial charge in [-0.05, 0) is 54.4 Å². The fourth-order valence-electron chi connectivity index (χ4n) is 3.68. The molecular formula is C23H18ClN5OS. The van der Waals surface area contributed by atoms with E-state index < -0.39 is 0 Å². The quantitative estimate of drug-likeness (QED) is 0.416. The summed E-state index contributed by atoms with van der Waals surface area (Å²) in [5.74, 6) is 1.02. The maximum Gasteiger partial charge on any atom is 0.237 e. The second kappa shape index (κ2) is 8.53. The molecule has 2 aromatic carbocycles. The van der Waals surface area contributed by atoms with Gasteiger partial charge in [-0.25, -0.2) is 0 Å². The molecule has 0 unspecified atom stereocenters. The summed E-state index contributed by atoms with van der Waals surface area (Å²) in [5.41, 5.74) is 3.99. The van der Waals surface area contributed by atoms with E-state index in [9.17, 15) is 4.79 Å². The Morgan fingerprint density at radius 2 is 1.77 bits per heavy atom. The van der Waals surface area contributed by atoms with Crippen LogP contribution in [-0.4, -0.2) is 38.0 Å². The highest BCUT2D eigenvalue weighted by atomic mass is 35.5. The van der Waals surface area contributed by atoms with E-state index in [2.05, 4.69) is 21.2 Å². The van der Waals surface area contributed by atoms with Crippen LogP contribution in [-0.2, 0) is 11.2 Å². The number of rotatable bonds is 5. The summed E-state index contributed by atoms with van der Waals surface area (Å²) < 4.78 is 1.95. The van der Waals surface area contributed by atoms with Crippen LogP contribution in [0.3, 0.4) is 0 Å². The Kier molecular flexibility index (Phi) is 5.44. The first-order valence-corrected chi connectivity index (χ1v) is 11.2. The highest BCUT2D eigenvalue weighted by Crippen LogP contribution is 2.31. The maximum absolute atomic E-state index is 13.0. The molecule has 4 aromatic rings. The fourth-order valence-corrected chi connectivity index (χ4v) is 4.63. The molecule has 0 saturated heterocycles. The summed E-state index contributed by atoms with van der Waals surface area (Å²) in [7, 11) is 0. The number of thioether (sulfide) groups is 1. The average Bonchev–Trinajstić information content (AvgIpc) is 3.43. The topological polar surface area (TPSA) is 63.9 Å². The number of nitrogens with zero attached hydrogens (tertiary/aromatic N) is 5. The molecule has 154 valence electrons. The predicted molar refractivity (Wildman–Crippen MR) is 123 cm³/mol. The van der Waals surface area contributed by atoms with Gasteiger partial charge in [0.15, 0.2) is 11.0 Å². The number of benzene rings is 2. The van der Waals surface area contributed by atoms with Crippen molar-refractivity contribution < 1.29 is 4.79 Å². The van der Waals surface area contributed by atoms with Gasteiger partial charge >= 0.3 is 0 Å². The van der Waals surface area contributed by atoms with Crippen LogP contribution in [0.2, 0.25) is 5.02 Å². The molecule has 0 radical (unpaired) electrons. The van der Waals surface area contributed by atoms with E-state index in [-0.39, 0.29) is 11.7 Å². The Morgan fingerprint density at radius 1 is 1.00 bits per heavy atom. The molecule has 1 amide bonds. The first kappa shape index (κ1) is 19.8. The van der Waals surface area contributed by atoms with Crippen LogP contribution in [0.1, 0.15) is 5.56 Å². The second-order valence-corrected chi connectivity index (χ2v) is 8.45. The summed E-state index contributed by atoms with van der Waals surface area (Å²) >= 11 is 7.46. The number of anilines is 1.